The van der Waals surface area contributed by atoms with Gasteiger partial charge < -0.3 is 9.47 Å². The summed E-state index contributed by atoms with van der Waals surface area (Å²) in [7, 11) is -0.714. The number of hydrogen-bond acceptors (Lipinski definition) is 4. The fourth-order valence-corrected chi connectivity index (χ4v) is 5.22. The molecule has 8 heteroatoms. The average molecular weight is 414 g/mol. The molecule has 5 nitrogen and oxygen atoms in total. The van der Waals surface area contributed by atoms with Crippen LogP contribution in [0.1, 0.15) is 12.8 Å². The third kappa shape index (κ3) is 4.11. The van der Waals surface area contributed by atoms with Crippen LogP contribution in [0.25, 0.3) is 11.1 Å². The fourth-order valence-electron chi connectivity index (χ4n) is 3.19. The largest absolute Gasteiger partial charge is 0.497 e. The van der Waals surface area contributed by atoms with Crippen molar-refractivity contribution in [2.24, 2.45) is 0 Å². The third-order valence-corrected chi connectivity index (χ3v) is 7.06. The van der Waals surface area contributed by atoms with Gasteiger partial charge in [0, 0.05) is 31.8 Å². The lowest BCUT2D eigenvalue weighted by molar-refractivity contribution is 0.0572. The first-order valence-corrected chi connectivity index (χ1v) is 10.3. The van der Waals surface area contributed by atoms with Crippen LogP contribution in [0.5, 0.6) is 5.75 Å². The van der Waals surface area contributed by atoms with E-state index >= 15 is 0 Å². The summed E-state index contributed by atoms with van der Waals surface area (Å²) in [6, 6.07) is 8.93. The average Bonchev–Trinajstić information content (AvgIpc) is 2.67. The topological polar surface area (TPSA) is 55.8 Å². The van der Waals surface area contributed by atoms with Crippen molar-refractivity contribution < 1.29 is 22.3 Å². The predicted octanol–water partition coefficient (Wildman–Crippen LogP) is 3.95. The summed E-state index contributed by atoms with van der Waals surface area (Å²) in [6.45, 7) is 0.720. The minimum absolute atomic E-state index is 0.0126. The van der Waals surface area contributed by atoms with Crippen molar-refractivity contribution in [3.8, 4) is 16.9 Å². The highest BCUT2D eigenvalue weighted by molar-refractivity contribution is 7.89. The number of sulfonamides is 1. The normalized spacial score (nSPS) is 18.4. The van der Waals surface area contributed by atoms with E-state index in [0.717, 1.165) is 12.8 Å². The van der Waals surface area contributed by atoms with E-state index in [2.05, 4.69) is 0 Å². The molecular weight excluding hydrogens is 393 g/mol. The Kier molecular flexibility index (Phi) is 6.05. The van der Waals surface area contributed by atoms with Crippen molar-refractivity contribution in [3.05, 3.63) is 47.2 Å². The molecule has 3 rings (SSSR count). The smallest absolute Gasteiger partial charge is 0.244 e. The first kappa shape index (κ1) is 20.1. The molecule has 0 spiro atoms. The number of benzene rings is 2. The Bertz CT molecular complexity index is 935. The van der Waals surface area contributed by atoms with Gasteiger partial charge in [0.2, 0.25) is 10.0 Å². The predicted molar refractivity (Wildman–Crippen MR) is 102 cm³/mol. The summed E-state index contributed by atoms with van der Waals surface area (Å²) >= 11 is 6.28. The van der Waals surface area contributed by atoms with Crippen LogP contribution in [0.4, 0.5) is 4.39 Å². The zero-order valence-corrected chi connectivity index (χ0v) is 16.7. The van der Waals surface area contributed by atoms with E-state index in [0.29, 0.717) is 30.0 Å². The lowest BCUT2D eigenvalue weighted by atomic mass is 10.1. The van der Waals surface area contributed by atoms with Gasteiger partial charge >= 0.3 is 0 Å². The van der Waals surface area contributed by atoms with E-state index in [-0.39, 0.29) is 16.0 Å². The van der Waals surface area contributed by atoms with E-state index in [9.17, 15) is 12.8 Å². The molecule has 1 aliphatic rings. The molecular formula is C19H21ClFNO4S. The molecule has 1 atom stereocenters. The second-order valence-corrected chi connectivity index (χ2v) is 8.67. The van der Waals surface area contributed by atoms with Crippen molar-refractivity contribution in [3.63, 3.8) is 0 Å². The second-order valence-electron chi connectivity index (χ2n) is 6.35. The molecule has 0 aliphatic carbocycles. The number of piperidine rings is 1. The summed E-state index contributed by atoms with van der Waals surface area (Å²) in [4.78, 5) is 0.0126. The van der Waals surface area contributed by atoms with E-state index < -0.39 is 15.8 Å². The molecule has 2 aromatic carbocycles. The minimum atomic E-state index is -3.75. The standard InChI is InChI=1S/C19H21ClFNO4S/c1-25-14-6-7-16(18(21)11-14)13-5-8-19(17(20)10-13)27(23,24)22-9-3-4-15(12-22)26-2/h5-8,10-11,15H,3-4,9,12H2,1-2H3. The van der Waals surface area contributed by atoms with Gasteiger partial charge in [-0.1, -0.05) is 17.7 Å². The van der Waals surface area contributed by atoms with Gasteiger partial charge in [-0.25, -0.2) is 12.8 Å². The Balaban J connectivity index is 1.93. The number of nitrogens with zero attached hydrogens (tertiary/aromatic N) is 1. The Hall–Kier alpha value is -1.67. The highest BCUT2D eigenvalue weighted by Crippen LogP contribution is 2.33. The quantitative estimate of drug-likeness (QED) is 0.744. The molecule has 1 fully saturated rings. The van der Waals surface area contributed by atoms with Gasteiger partial charge in [0.05, 0.1) is 18.2 Å². The highest BCUT2D eigenvalue weighted by atomic mass is 35.5. The Morgan fingerprint density at radius 3 is 2.59 bits per heavy atom. The fraction of sp³-hybridized carbons (Fsp3) is 0.368. The summed E-state index contributed by atoms with van der Waals surface area (Å²) < 4.78 is 51.9. The summed E-state index contributed by atoms with van der Waals surface area (Å²) in [5.74, 6) is -0.0701. The number of halogens is 2. The van der Waals surface area contributed by atoms with Crippen LogP contribution < -0.4 is 4.74 Å². The van der Waals surface area contributed by atoms with Gasteiger partial charge in [-0.05, 0) is 42.7 Å². The molecule has 1 aliphatic heterocycles. The van der Waals surface area contributed by atoms with Crippen molar-refractivity contribution >= 4 is 21.6 Å². The van der Waals surface area contributed by atoms with Gasteiger partial charge in [-0.2, -0.15) is 4.31 Å². The minimum Gasteiger partial charge on any atom is -0.497 e. The summed E-state index contributed by atoms with van der Waals surface area (Å²) in [5.41, 5.74) is 0.812. The Labute approximate surface area is 163 Å². The van der Waals surface area contributed by atoms with Crippen LogP contribution in [-0.2, 0) is 14.8 Å². The molecule has 0 N–H and O–H groups in total. The van der Waals surface area contributed by atoms with Gasteiger partial charge in [-0.3, -0.25) is 0 Å². The monoisotopic (exact) mass is 413 g/mol. The van der Waals surface area contributed by atoms with Gasteiger partial charge in [0.1, 0.15) is 16.5 Å². The molecule has 2 aromatic rings. The number of methoxy groups -OCH3 is 2. The van der Waals surface area contributed by atoms with Crippen LogP contribution in [0.2, 0.25) is 5.02 Å². The van der Waals surface area contributed by atoms with E-state index in [1.54, 1.807) is 25.3 Å². The number of hydrogen-bond donors (Lipinski definition) is 0. The van der Waals surface area contributed by atoms with Crippen LogP contribution in [0.3, 0.4) is 0 Å². The molecule has 0 amide bonds. The Morgan fingerprint density at radius 1 is 1.19 bits per heavy atom. The van der Waals surface area contributed by atoms with Crippen LogP contribution in [0.15, 0.2) is 41.3 Å². The second kappa shape index (κ2) is 8.14. The van der Waals surface area contributed by atoms with Crippen molar-refractivity contribution in [1.82, 2.24) is 4.31 Å². The van der Waals surface area contributed by atoms with Crippen LogP contribution in [0, 0.1) is 5.82 Å². The lowest BCUT2D eigenvalue weighted by Crippen LogP contribution is -2.42. The molecule has 146 valence electrons. The van der Waals surface area contributed by atoms with Crippen molar-refractivity contribution in [1.29, 1.82) is 0 Å². The highest BCUT2D eigenvalue weighted by Gasteiger charge is 2.31. The molecule has 0 aromatic heterocycles. The number of ether oxygens (including phenoxy) is 2. The maximum Gasteiger partial charge on any atom is 0.244 e. The van der Waals surface area contributed by atoms with Crippen LogP contribution in [-0.4, -0.2) is 46.1 Å². The molecule has 0 bridgehead atoms. The van der Waals surface area contributed by atoms with E-state index in [1.807, 2.05) is 0 Å². The summed E-state index contributed by atoms with van der Waals surface area (Å²) in [6.07, 6.45) is 1.43. The van der Waals surface area contributed by atoms with Crippen molar-refractivity contribution in [2.75, 3.05) is 27.3 Å². The Morgan fingerprint density at radius 2 is 1.96 bits per heavy atom. The molecule has 1 saturated heterocycles. The van der Waals surface area contributed by atoms with Crippen molar-refractivity contribution in [2.45, 2.75) is 23.8 Å². The zero-order chi connectivity index (χ0) is 19.6. The lowest BCUT2D eigenvalue weighted by Gasteiger charge is -2.31. The van der Waals surface area contributed by atoms with E-state index in [1.165, 1.54) is 29.6 Å². The first-order valence-electron chi connectivity index (χ1n) is 8.53. The zero-order valence-electron chi connectivity index (χ0n) is 15.1. The third-order valence-electron chi connectivity index (χ3n) is 4.71. The first-order chi connectivity index (χ1) is 12.9. The van der Waals surface area contributed by atoms with E-state index in [4.69, 9.17) is 21.1 Å². The van der Waals surface area contributed by atoms with Gasteiger partial charge in [0.15, 0.2) is 0 Å². The maximum atomic E-state index is 14.3. The molecule has 0 radical (unpaired) electrons. The summed E-state index contributed by atoms with van der Waals surface area (Å²) in [5, 5.41) is 0.0576. The van der Waals surface area contributed by atoms with Crippen LogP contribution >= 0.6 is 11.6 Å². The molecule has 1 unspecified atom stereocenters. The molecule has 27 heavy (non-hydrogen) atoms. The SMILES string of the molecule is COc1ccc(-c2ccc(S(=O)(=O)N3CCCC(OC)C3)c(Cl)c2)c(F)c1. The molecule has 1 heterocycles. The van der Waals surface area contributed by atoms with Gasteiger partial charge in [0.25, 0.3) is 0 Å². The maximum absolute atomic E-state index is 14.3. The van der Waals surface area contributed by atoms with Gasteiger partial charge in [-0.15, -0.1) is 0 Å². The molecule has 0 saturated carbocycles. The number of rotatable bonds is 5.